The average Bonchev–Trinajstić information content (AvgIpc) is 3.07. The molecule has 20 heavy (non-hydrogen) atoms. The first kappa shape index (κ1) is 13.8. The molecule has 2 fully saturated rings. The Labute approximate surface area is 119 Å². The molecule has 3 rings (SSSR count). The zero-order valence-corrected chi connectivity index (χ0v) is 11.7. The second kappa shape index (κ2) is 5.70. The van der Waals surface area contributed by atoms with Crippen LogP contribution in [0.15, 0.2) is 18.2 Å². The molecule has 1 spiro atoms. The molecule has 1 unspecified atom stereocenters. The van der Waals surface area contributed by atoms with Crippen LogP contribution in [0.1, 0.15) is 44.1 Å². The van der Waals surface area contributed by atoms with E-state index in [1.54, 1.807) is 6.07 Å². The van der Waals surface area contributed by atoms with Gasteiger partial charge in [0.2, 0.25) is 0 Å². The topological polar surface area (TPSA) is 44.5 Å². The third-order valence-electron chi connectivity index (χ3n) is 4.46. The van der Waals surface area contributed by atoms with Gasteiger partial charge in [0.1, 0.15) is 18.2 Å². The molecule has 0 bridgehead atoms. The molecule has 1 saturated heterocycles. The van der Waals surface area contributed by atoms with Gasteiger partial charge in [0.15, 0.2) is 0 Å². The minimum absolute atomic E-state index is 0.123. The summed E-state index contributed by atoms with van der Waals surface area (Å²) in [5, 5.41) is 0. The summed E-state index contributed by atoms with van der Waals surface area (Å²) in [5.41, 5.74) is 6.41. The van der Waals surface area contributed by atoms with Crippen LogP contribution in [0.5, 0.6) is 5.75 Å². The van der Waals surface area contributed by atoms with E-state index in [0.717, 1.165) is 18.4 Å². The molecule has 1 heterocycles. The predicted octanol–water partition coefficient (Wildman–Crippen LogP) is 3.16. The molecule has 110 valence electrons. The first-order valence-electron chi connectivity index (χ1n) is 7.49. The quantitative estimate of drug-likeness (QED) is 0.920. The lowest BCUT2D eigenvalue weighted by Gasteiger charge is -2.23. The van der Waals surface area contributed by atoms with Crippen molar-refractivity contribution in [3.8, 4) is 5.75 Å². The Morgan fingerprint density at radius 3 is 2.80 bits per heavy atom. The Balaban J connectivity index is 1.56. The van der Waals surface area contributed by atoms with Crippen LogP contribution in [0.4, 0.5) is 4.39 Å². The monoisotopic (exact) mass is 279 g/mol. The average molecular weight is 279 g/mol. The molecular formula is C16H22FNO2. The van der Waals surface area contributed by atoms with Gasteiger partial charge in [-0.25, -0.2) is 4.39 Å². The van der Waals surface area contributed by atoms with Crippen molar-refractivity contribution in [3.05, 3.63) is 29.6 Å². The summed E-state index contributed by atoms with van der Waals surface area (Å²) in [6.45, 7) is 0.812. The number of benzene rings is 1. The highest BCUT2D eigenvalue weighted by Gasteiger charge is 2.42. The maximum absolute atomic E-state index is 13.4. The van der Waals surface area contributed by atoms with Crippen molar-refractivity contribution in [2.75, 3.05) is 6.61 Å². The first-order valence-corrected chi connectivity index (χ1v) is 7.49. The van der Waals surface area contributed by atoms with E-state index in [-0.39, 0.29) is 17.5 Å². The summed E-state index contributed by atoms with van der Waals surface area (Å²) in [7, 11) is 0. The van der Waals surface area contributed by atoms with E-state index in [4.69, 9.17) is 15.2 Å². The second-order valence-corrected chi connectivity index (χ2v) is 5.98. The summed E-state index contributed by atoms with van der Waals surface area (Å²) in [4.78, 5) is 0. The van der Waals surface area contributed by atoms with E-state index >= 15 is 0 Å². The number of rotatable bonds is 4. The molecule has 0 aromatic heterocycles. The lowest BCUT2D eigenvalue weighted by atomic mass is 9.98. The van der Waals surface area contributed by atoms with Gasteiger partial charge in [-0.15, -0.1) is 0 Å². The zero-order valence-electron chi connectivity index (χ0n) is 11.7. The van der Waals surface area contributed by atoms with Gasteiger partial charge in [-0.05, 0) is 43.4 Å². The van der Waals surface area contributed by atoms with E-state index in [0.29, 0.717) is 18.9 Å². The van der Waals surface area contributed by atoms with E-state index in [2.05, 4.69) is 0 Å². The van der Waals surface area contributed by atoms with Crippen molar-refractivity contribution in [2.45, 2.75) is 56.8 Å². The predicted molar refractivity (Wildman–Crippen MR) is 75.1 cm³/mol. The van der Waals surface area contributed by atoms with Crippen LogP contribution in [-0.4, -0.2) is 18.3 Å². The fraction of sp³-hybridized carbons (Fsp3) is 0.625. The van der Waals surface area contributed by atoms with E-state index < -0.39 is 0 Å². The Morgan fingerprint density at radius 1 is 1.25 bits per heavy atom. The summed E-state index contributed by atoms with van der Waals surface area (Å²) < 4.78 is 25.3. The zero-order chi connectivity index (χ0) is 14.0. The molecule has 1 aromatic carbocycles. The largest absolute Gasteiger partial charge is 0.491 e. The molecule has 0 amide bonds. The molecule has 1 atom stereocenters. The molecule has 1 aromatic rings. The van der Waals surface area contributed by atoms with Gasteiger partial charge in [-0.3, -0.25) is 0 Å². The van der Waals surface area contributed by atoms with Crippen LogP contribution in [-0.2, 0) is 11.3 Å². The lowest BCUT2D eigenvalue weighted by Crippen LogP contribution is -2.27. The molecule has 3 nitrogen and oxygen atoms in total. The molecule has 1 aliphatic heterocycles. The van der Waals surface area contributed by atoms with Crippen molar-refractivity contribution in [2.24, 2.45) is 5.73 Å². The van der Waals surface area contributed by atoms with E-state index in [1.807, 2.05) is 0 Å². The van der Waals surface area contributed by atoms with E-state index in [9.17, 15) is 4.39 Å². The Kier molecular flexibility index (Phi) is 3.94. The van der Waals surface area contributed by atoms with Crippen LogP contribution < -0.4 is 10.5 Å². The lowest BCUT2D eigenvalue weighted by molar-refractivity contribution is -0.0509. The Morgan fingerprint density at radius 2 is 2.05 bits per heavy atom. The fourth-order valence-corrected chi connectivity index (χ4v) is 3.41. The van der Waals surface area contributed by atoms with Gasteiger partial charge in [-0.2, -0.15) is 0 Å². The smallest absolute Gasteiger partial charge is 0.127 e. The number of hydrogen-bond donors (Lipinski definition) is 1. The highest BCUT2D eigenvalue weighted by Crippen LogP contribution is 2.43. The van der Waals surface area contributed by atoms with Crippen molar-refractivity contribution < 1.29 is 13.9 Å². The van der Waals surface area contributed by atoms with Crippen molar-refractivity contribution in [1.82, 2.24) is 0 Å². The standard InChI is InChI=1S/C16H22FNO2/c17-13-7-12(10-18)8-15(9-13)19-11-14-3-6-16(20-14)4-1-2-5-16/h7-9,14H,1-6,10-11,18H2. The summed E-state index contributed by atoms with van der Waals surface area (Å²) in [6, 6.07) is 4.63. The van der Waals surface area contributed by atoms with Crippen molar-refractivity contribution in [3.63, 3.8) is 0 Å². The van der Waals surface area contributed by atoms with Gasteiger partial charge in [0.05, 0.1) is 11.7 Å². The fourth-order valence-electron chi connectivity index (χ4n) is 3.41. The van der Waals surface area contributed by atoms with Crippen LogP contribution in [0.25, 0.3) is 0 Å². The number of ether oxygens (including phenoxy) is 2. The molecule has 4 heteroatoms. The maximum atomic E-state index is 13.4. The van der Waals surface area contributed by atoms with E-state index in [1.165, 1.54) is 37.8 Å². The Hall–Kier alpha value is -1.13. The van der Waals surface area contributed by atoms with Crippen LogP contribution in [0.2, 0.25) is 0 Å². The molecule has 1 saturated carbocycles. The number of hydrogen-bond acceptors (Lipinski definition) is 3. The van der Waals surface area contributed by atoms with Gasteiger partial charge in [0.25, 0.3) is 0 Å². The van der Waals surface area contributed by atoms with Crippen LogP contribution in [0.3, 0.4) is 0 Å². The van der Waals surface area contributed by atoms with Crippen molar-refractivity contribution >= 4 is 0 Å². The van der Waals surface area contributed by atoms with Crippen molar-refractivity contribution in [1.29, 1.82) is 0 Å². The summed E-state index contributed by atoms with van der Waals surface area (Å²) >= 11 is 0. The first-order chi connectivity index (χ1) is 9.69. The summed E-state index contributed by atoms with van der Waals surface area (Å²) in [5.74, 6) is 0.240. The third-order valence-corrected chi connectivity index (χ3v) is 4.46. The SMILES string of the molecule is NCc1cc(F)cc(OCC2CCC3(CCCC3)O2)c1. The van der Waals surface area contributed by atoms with Gasteiger partial charge >= 0.3 is 0 Å². The minimum Gasteiger partial charge on any atom is -0.491 e. The van der Waals surface area contributed by atoms with Gasteiger partial charge in [-0.1, -0.05) is 12.8 Å². The van der Waals surface area contributed by atoms with Crippen LogP contribution >= 0.6 is 0 Å². The number of halogens is 1. The molecule has 1 aliphatic carbocycles. The molecule has 2 N–H and O–H groups in total. The molecule has 0 radical (unpaired) electrons. The third kappa shape index (κ3) is 2.96. The number of nitrogens with two attached hydrogens (primary N) is 1. The highest BCUT2D eigenvalue weighted by atomic mass is 19.1. The minimum atomic E-state index is -0.303. The van der Waals surface area contributed by atoms with Crippen LogP contribution in [0, 0.1) is 5.82 Å². The normalized spacial score (nSPS) is 24.4. The highest BCUT2D eigenvalue weighted by molar-refractivity contribution is 5.29. The van der Waals surface area contributed by atoms with Gasteiger partial charge < -0.3 is 15.2 Å². The van der Waals surface area contributed by atoms with Gasteiger partial charge in [0, 0.05) is 12.6 Å². The maximum Gasteiger partial charge on any atom is 0.127 e. The molecular weight excluding hydrogens is 257 g/mol. The summed E-state index contributed by atoms with van der Waals surface area (Å²) in [6.07, 6.45) is 7.23. The Bertz CT molecular complexity index is 472. The second-order valence-electron chi connectivity index (χ2n) is 5.98. The molecule has 2 aliphatic rings.